The van der Waals surface area contributed by atoms with E-state index < -0.39 is 0 Å². The largest absolute Gasteiger partial charge is 0.355 e. The Labute approximate surface area is 144 Å². The van der Waals surface area contributed by atoms with Gasteiger partial charge in [-0.15, -0.1) is 5.10 Å². The van der Waals surface area contributed by atoms with Gasteiger partial charge in [-0.05, 0) is 44.0 Å². The third kappa shape index (κ3) is 3.89. The number of carbonyl (C=O) groups is 1. The molecule has 124 valence electrons. The molecule has 0 aliphatic heterocycles. The predicted molar refractivity (Wildman–Crippen MR) is 92.1 cm³/mol. The summed E-state index contributed by atoms with van der Waals surface area (Å²) in [4.78, 5) is 20.7. The Morgan fingerprint density at radius 1 is 1.21 bits per heavy atom. The molecule has 0 unspecified atom stereocenters. The molecule has 2 heterocycles. The maximum Gasteiger partial charge on any atom is 0.252 e. The lowest BCUT2D eigenvalue weighted by molar-refractivity contribution is -0.120. The summed E-state index contributed by atoms with van der Waals surface area (Å²) < 4.78 is 1.66. The Hall–Kier alpha value is -2.47. The molecule has 0 spiro atoms. The first-order chi connectivity index (χ1) is 11.5. The van der Waals surface area contributed by atoms with Crippen LogP contribution in [-0.2, 0) is 17.6 Å². The molecule has 0 atom stereocenters. The number of hydrogen-bond donors (Lipinski definition) is 1. The summed E-state index contributed by atoms with van der Waals surface area (Å²) in [5, 5.41) is 7.93. The molecule has 6 nitrogen and oxygen atoms in total. The van der Waals surface area contributed by atoms with Crippen molar-refractivity contribution in [1.82, 2.24) is 24.9 Å². The second-order valence-corrected chi connectivity index (χ2v) is 6.12. The lowest BCUT2D eigenvalue weighted by Gasteiger charge is -2.04. The van der Waals surface area contributed by atoms with Gasteiger partial charge >= 0.3 is 0 Å². The molecule has 0 bridgehead atoms. The number of nitrogens with zero attached hydrogens (tertiary/aromatic N) is 4. The molecule has 0 fully saturated rings. The molecule has 1 amide bonds. The van der Waals surface area contributed by atoms with E-state index >= 15 is 0 Å². The van der Waals surface area contributed by atoms with Crippen LogP contribution in [0.1, 0.15) is 22.8 Å². The molecule has 0 radical (unpaired) electrons. The summed E-state index contributed by atoms with van der Waals surface area (Å²) in [6.07, 6.45) is 0.893. The maximum absolute atomic E-state index is 12.0. The lowest BCUT2D eigenvalue weighted by Crippen LogP contribution is -2.27. The van der Waals surface area contributed by atoms with Crippen molar-refractivity contribution in [3.63, 3.8) is 0 Å². The molecule has 3 aromatic rings. The molecule has 2 aromatic heterocycles. The summed E-state index contributed by atoms with van der Waals surface area (Å²) >= 11 is 5.85. The minimum absolute atomic E-state index is 0.103. The van der Waals surface area contributed by atoms with Gasteiger partial charge in [-0.3, -0.25) is 4.79 Å². The van der Waals surface area contributed by atoms with Crippen molar-refractivity contribution in [2.24, 2.45) is 0 Å². The molecule has 0 saturated carbocycles. The molecular formula is C17H18ClN5O. The van der Waals surface area contributed by atoms with Crippen LogP contribution in [0.5, 0.6) is 0 Å². The smallest absolute Gasteiger partial charge is 0.252 e. The number of benzene rings is 1. The van der Waals surface area contributed by atoms with Gasteiger partial charge in [-0.1, -0.05) is 23.7 Å². The Morgan fingerprint density at radius 3 is 2.71 bits per heavy atom. The second kappa shape index (κ2) is 6.97. The highest BCUT2D eigenvalue weighted by Crippen LogP contribution is 2.09. The fraction of sp³-hybridized carbons (Fsp3) is 0.294. The van der Waals surface area contributed by atoms with Crippen molar-refractivity contribution >= 4 is 23.3 Å². The highest BCUT2D eigenvalue weighted by atomic mass is 35.5. The third-order valence-corrected chi connectivity index (χ3v) is 3.88. The van der Waals surface area contributed by atoms with Gasteiger partial charge in [0.2, 0.25) is 5.91 Å². The molecule has 0 aliphatic carbocycles. The number of aromatic nitrogens is 4. The van der Waals surface area contributed by atoms with Crippen molar-refractivity contribution in [2.45, 2.75) is 26.7 Å². The van der Waals surface area contributed by atoms with E-state index in [9.17, 15) is 4.79 Å². The Bertz CT molecular complexity index is 873. The van der Waals surface area contributed by atoms with E-state index in [-0.39, 0.29) is 12.3 Å². The van der Waals surface area contributed by atoms with Crippen molar-refractivity contribution in [3.8, 4) is 0 Å². The first-order valence-corrected chi connectivity index (χ1v) is 8.10. The molecule has 0 aliphatic rings. The van der Waals surface area contributed by atoms with Crippen LogP contribution >= 0.6 is 11.6 Å². The number of fused-ring (bicyclic) bond motifs is 1. The van der Waals surface area contributed by atoms with Crippen molar-refractivity contribution in [3.05, 3.63) is 58.1 Å². The van der Waals surface area contributed by atoms with Gasteiger partial charge < -0.3 is 5.32 Å². The SMILES string of the molecule is Cc1cc(C)n2nc(CC(=O)NCCc3ccc(Cl)cc3)nc2n1. The predicted octanol–water partition coefficient (Wildman–Crippen LogP) is 2.30. The van der Waals surface area contributed by atoms with E-state index in [4.69, 9.17) is 11.6 Å². The number of amides is 1. The van der Waals surface area contributed by atoms with Crippen LogP contribution in [-0.4, -0.2) is 32.0 Å². The van der Waals surface area contributed by atoms with Gasteiger partial charge in [0, 0.05) is 23.0 Å². The standard InChI is InChI=1S/C17H18ClN5O/c1-11-9-12(2)23-17(20-11)21-15(22-23)10-16(24)19-8-7-13-3-5-14(18)6-4-13/h3-6,9H,7-8,10H2,1-2H3,(H,19,24). The zero-order valence-corrected chi connectivity index (χ0v) is 14.3. The average Bonchev–Trinajstić information content (AvgIpc) is 2.92. The van der Waals surface area contributed by atoms with E-state index in [1.54, 1.807) is 4.52 Å². The summed E-state index contributed by atoms with van der Waals surface area (Å²) in [5.41, 5.74) is 2.95. The van der Waals surface area contributed by atoms with Gasteiger partial charge in [0.1, 0.15) is 0 Å². The van der Waals surface area contributed by atoms with Gasteiger partial charge in [0.05, 0.1) is 6.42 Å². The number of aryl methyl sites for hydroxylation is 2. The number of halogens is 1. The Morgan fingerprint density at radius 2 is 1.96 bits per heavy atom. The first-order valence-electron chi connectivity index (χ1n) is 7.72. The zero-order valence-electron chi connectivity index (χ0n) is 13.6. The normalized spacial score (nSPS) is 11.0. The van der Waals surface area contributed by atoms with Gasteiger partial charge in [-0.2, -0.15) is 4.98 Å². The van der Waals surface area contributed by atoms with Gasteiger partial charge in [-0.25, -0.2) is 9.50 Å². The van der Waals surface area contributed by atoms with E-state index in [2.05, 4.69) is 20.4 Å². The molecule has 1 N–H and O–H groups in total. The van der Waals surface area contributed by atoms with E-state index in [0.717, 1.165) is 23.4 Å². The minimum atomic E-state index is -0.103. The molecule has 7 heteroatoms. The highest BCUT2D eigenvalue weighted by Gasteiger charge is 2.11. The summed E-state index contributed by atoms with van der Waals surface area (Å²) in [7, 11) is 0. The summed E-state index contributed by atoms with van der Waals surface area (Å²) in [6, 6.07) is 9.52. The van der Waals surface area contributed by atoms with Crippen LogP contribution < -0.4 is 5.32 Å². The van der Waals surface area contributed by atoms with Crippen LogP contribution in [0.2, 0.25) is 5.02 Å². The third-order valence-electron chi connectivity index (χ3n) is 3.63. The number of nitrogens with one attached hydrogen (secondary N) is 1. The van der Waals surface area contributed by atoms with Crippen LogP contribution in [0.25, 0.3) is 5.78 Å². The van der Waals surface area contributed by atoms with Gasteiger partial charge in [0.15, 0.2) is 5.82 Å². The zero-order chi connectivity index (χ0) is 17.1. The van der Waals surface area contributed by atoms with E-state index in [0.29, 0.717) is 23.2 Å². The molecular weight excluding hydrogens is 326 g/mol. The van der Waals surface area contributed by atoms with Crippen LogP contribution in [0, 0.1) is 13.8 Å². The number of carbonyl (C=O) groups excluding carboxylic acids is 1. The first kappa shape index (κ1) is 16.4. The summed E-state index contributed by atoms with van der Waals surface area (Å²) in [5.74, 6) is 0.894. The number of rotatable bonds is 5. The maximum atomic E-state index is 12.0. The average molecular weight is 344 g/mol. The Kier molecular flexibility index (Phi) is 4.76. The van der Waals surface area contributed by atoms with Crippen LogP contribution in [0.15, 0.2) is 30.3 Å². The topological polar surface area (TPSA) is 72.2 Å². The highest BCUT2D eigenvalue weighted by molar-refractivity contribution is 6.30. The van der Waals surface area contributed by atoms with Crippen molar-refractivity contribution in [1.29, 1.82) is 0 Å². The molecule has 3 rings (SSSR count). The van der Waals surface area contributed by atoms with Crippen molar-refractivity contribution in [2.75, 3.05) is 6.54 Å². The fourth-order valence-electron chi connectivity index (χ4n) is 2.49. The fourth-order valence-corrected chi connectivity index (χ4v) is 2.61. The van der Waals surface area contributed by atoms with Crippen LogP contribution in [0.4, 0.5) is 0 Å². The van der Waals surface area contributed by atoms with Crippen LogP contribution in [0.3, 0.4) is 0 Å². The van der Waals surface area contributed by atoms with Crippen molar-refractivity contribution < 1.29 is 4.79 Å². The molecule has 0 saturated heterocycles. The number of hydrogen-bond acceptors (Lipinski definition) is 4. The quantitative estimate of drug-likeness (QED) is 0.771. The Balaban J connectivity index is 1.57. The van der Waals surface area contributed by atoms with Gasteiger partial charge in [0.25, 0.3) is 5.78 Å². The monoisotopic (exact) mass is 343 g/mol. The molecule has 24 heavy (non-hydrogen) atoms. The lowest BCUT2D eigenvalue weighted by atomic mass is 10.1. The molecule has 1 aromatic carbocycles. The van der Waals surface area contributed by atoms with E-state index in [1.165, 1.54) is 0 Å². The van der Waals surface area contributed by atoms with E-state index in [1.807, 2.05) is 44.2 Å². The minimum Gasteiger partial charge on any atom is -0.355 e. The second-order valence-electron chi connectivity index (χ2n) is 5.68. The summed E-state index contributed by atoms with van der Waals surface area (Å²) in [6.45, 7) is 4.40.